The molecule has 1 aromatic carbocycles. The van der Waals surface area contributed by atoms with Gasteiger partial charge in [0.15, 0.2) is 5.96 Å². The van der Waals surface area contributed by atoms with Crippen LogP contribution in [0.25, 0.3) is 0 Å². The molecule has 0 spiro atoms. The van der Waals surface area contributed by atoms with Gasteiger partial charge in [-0.1, -0.05) is 35.9 Å². The van der Waals surface area contributed by atoms with E-state index in [1.165, 1.54) is 11.1 Å². The van der Waals surface area contributed by atoms with Crippen molar-refractivity contribution in [2.45, 2.75) is 39.3 Å². The van der Waals surface area contributed by atoms with Crippen LogP contribution in [0.1, 0.15) is 36.6 Å². The first-order valence-electron chi connectivity index (χ1n) is 10.6. The lowest BCUT2D eigenvalue weighted by Crippen LogP contribution is -2.39. The highest BCUT2D eigenvalue weighted by atomic mass is 127. The van der Waals surface area contributed by atoms with Crippen molar-refractivity contribution >= 4 is 47.4 Å². The fourth-order valence-corrected chi connectivity index (χ4v) is 4.07. The number of aryl methyl sites for hydroxylation is 1. The molecule has 2 aromatic rings. The van der Waals surface area contributed by atoms with Gasteiger partial charge in [0.25, 0.3) is 0 Å². The Morgan fingerprint density at radius 2 is 2.03 bits per heavy atom. The monoisotopic (exact) mass is 557 g/mol. The SMILES string of the molecule is CCNC(=NCCCC(=O)N1CCc2ccccc2C1)N(C)Cc1cc(Cl)cn1C.I. The number of hydrogen-bond acceptors (Lipinski definition) is 2. The fourth-order valence-electron chi connectivity index (χ4n) is 3.79. The van der Waals surface area contributed by atoms with E-state index in [0.29, 0.717) is 19.5 Å². The molecule has 6 nitrogen and oxygen atoms in total. The number of fused-ring (bicyclic) bond motifs is 1. The molecule has 0 bridgehead atoms. The van der Waals surface area contributed by atoms with Crippen molar-refractivity contribution in [1.29, 1.82) is 0 Å². The lowest BCUT2D eigenvalue weighted by molar-refractivity contribution is -0.132. The molecule has 0 unspecified atom stereocenters. The van der Waals surface area contributed by atoms with Gasteiger partial charge in [-0.2, -0.15) is 0 Å². The average Bonchev–Trinajstić information content (AvgIpc) is 3.06. The maximum Gasteiger partial charge on any atom is 0.222 e. The highest BCUT2D eigenvalue weighted by Crippen LogP contribution is 2.19. The standard InChI is InChI=1S/C23H32ClN5O.HI/c1-4-25-23(28(3)17-21-14-20(24)16-27(21)2)26-12-7-10-22(30)29-13-11-18-8-5-6-9-19(18)15-29;/h5-6,8-9,14,16H,4,7,10-13,15,17H2,1-3H3,(H,25,26);1H. The van der Waals surface area contributed by atoms with E-state index in [2.05, 4.69) is 35.3 Å². The van der Waals surface area contributed by atoms with Gasteiger partial charge in [0, 0.05) is 58.6 Å². The molecular weight excluding hydrogens is 525 g/mol. The van der Waals surface area contributed by atoms with E-state index < -0.39 is 0 Å². The first-order chi connectivity index (χ1) is 14.5. The summed E-state index contributed by atoms with van der Waals surface area (Å²) in [5.74, 6) is 1.06. The number of carbonyl (C=O) groups is 1. The van der Waals surface area contributed by atoms with Crippen molar-refractivity contribution in [2.24, 2.45) is 12.0 Å². The first-order valence-corrected chi connectivity index (χ1v) is 11.0. The number of carbonyl (C=O) groups excluding carboxylic acids is 1. The number of halogens is 2. The van der Waals surface area contributed by atoms with E-state index in [0.717, 1.165) is 49.2 Å². The molecule has 1 aliphatic rings. The molecular formula is C23H33ClIN5O. The van der Waals surface area contributed by atoms with Gasteiger partial charge in [-0.25, -0.2) is 0 Å². The first kappa shape index (κ1) is 25.5. The van der Waals surface area contributed by atoms with Crippen molar-refractivity contribution in [3.63, 3.8) is 0 Å². The molecule has 1 aliphatic heterocycles. The summed E-state index contributed by atoms with van der Waals surface area (Å²) in [6.45, 7) is 5.72. The molecule has 1 amide bonds. The summed E-state index contributed by atoms with van der Waals surface area (Å²) in [6.07, 6.45) is 4.12. The molecule has 0 radical (unpaired) electrons. The Balaban J connectivity index is 0.00000341. The third-order valence-corrected chi connectivity index (χ3v) is 5.67. The van der Waals surface area contributed by atoms with Crippen molar-refractivity contribution in [2.75, 3.05) is 26.7 Å². The number of rotatable bonds is 7. The molecule has 0 atom stereocenters. The average molecular weight is 558 g/mol. The van der Waals surface area contributed by atoms with E-state index in [4.69, 9.17) is 16.6 Å². The highest BCUT2D eigenvalue weighted by molar-refractivity contribution is 14.0. The van der Waals surface area contributed by atoms with Crippen LogP contribution in [0.5, 0.6) is 0 Å². The summed E-state index contributed by atoms with van der Waals surface area (Å²) < 4.78 is 2.03. The number of nitrogens with one attached hydrogen (secondary N) is 1. The van der Waals surface area contributed by atoms with Crippen molar-refractivity contribution in [3.05, 3.63) is 58.4 Å². The highest BCUT2D eigenvalue weighted by Gasteiger charge is 2.19. The summed E-state index contributed by atoms with van der Waals surface area (Å²) in [7, 11) is 4.00. The van der Waals surface area contributed by atoms with Gasteiger partial charge in [-0.05, 0) is 37.0 Å². The predicted molar refractivity (Wildman–Crippen MR) is 138 cm³/mol. The second-order valence-electron chi connectivity index (χ2n) is 7.79. The van der Waals surface area contributed by atoms with Gasteiger partial charge in [0.1, 0.15) is 0 Å². The number of nitrogens with zero attached hydrogens (tertiary/aromatic N) is 4. The van der Waals surface area contributed by atoms with Crippen LogP contribution in [0, 0.1) is 0 Å². The van der Waals surface area contributed by atoms with E-state index in [1.807, 2.05) is 41.9 Å². The molecule has 1 N–H and O–H groups in total. The molecule has 1 aromatic heterocycles. The largest absolute Gasteiger partial charge is 0.357 e. The predicted octanol–water partition coefficient (Wildman–Crippen LogP) is 4.06. The summed E-state index contributed by atoms with van der Waals surface area (Å²) in [5, 5.41) is 4.07. The van der Waals surface area contributed by atoms with Crippen LogP contribution < -0.4 is 5.32 Å². The Kier molecular flexibility index (Phi) is 10.2. The van der Waals surface area contributed by atoms with Crippen molar-refractivity contribution in [1.82, 2.24) is 19.7 Å². The van der Waals surface area contributed by atoms with Crippen LogP contribution in [0.15, 0.2) is 41.5 Å². The summed E-state index contributed by atoms with van der Waals surface area (Å²) >= 11 is 6.09. The Morgan fingerprint density at radius 3 is 2.71 bits per heavy atom. The van der Waals surface area contributed by atoms with Crippen molar-refractivity contribution < 1.29 is 4.79 Å². The second kappa shape index (κ2) is 12.3. The van der Waals surface area contributed by atoms with Crippen LogP contribution in [0.3, 0.4) is 0 Å². The minimum Gasteiger partial charge on any atom is -0.357 e. The van der Waals surface area contributed by atoms with E-state index in [1.54, 1.807) is 0 Å². The summed E-state index contributed by atoms with van der Waals surface area (Å²) in [4.78, 5) is 21.4. The molecule has 0 saturated carbocycles. The Labute approximate surface area is 207 Å². The molecule has 31 heavy (non-hydrogen) atoms. The van der Waals surface area contributed by atoms with Crippen LogP contribution in [-0.4, -0.2) is 52.9 Å². The van der Waals surface area contributed by atoms with Crippen molar-refractivity contribution in [3.8, 4) is 0 Å². The van der Waals surface area contributed by atoms with E-state index >= 15 is 0 Å². The third-order valence-electron chi connectivity index (χ3n) is 5.46. The number of hydrogen-bond donors (Lipinski definition) is 1. The number of aliphatic imine (C=N–C) groups is 1. The van der Waals surface area contributed by atoms with Gasteiger partial charge in [0.2, 0.25) is 5.91 Å². The molecule has 0 saturated heterocycles. The lowest BCUT2D eigenvalue weighted by atomic mass is 9.99. The molecule has 0 aliphatic carbocycles. The topological polar surface area (TPSA) is 52.9 Å². The Hall–Kier alpha value is -1.74. The number of amides is 1. The second-order valence-corrected chi connectivity index (χ2v) is 8.23. The third kappa shape index (κ3) is 7.14. The van der Waals surface area contributed by atoms with Crippen LogP contribution >= 0.6 is 35.6 Å². The molecule has 2 heterocycles. The van der Waals surface area contributed by atoms with Crippen LogP contribution in [0.2, 0.25) is 5.02 Å². The molecule has 0 fully saturated rings. The van der Waals surface area contributed by atoms with Gasteiger partial charge < -0.3 is 19.7 Å². The molecule has 170 valence electrons. The smallest absolute Gasteiger partial charge is 0.222 e. The Morgan fingerprint density at radius 1 is 1.29 bits per heavy atom. The summed E-state index contributed by atoms with van der Waals surface area (Å²) in [6, 6.07) is 10.4. The van der Waals surface area contributed by atoms with Gasteiger partial charge in [-0.3, -0.25) is 9.79 Å². The van der Waals surface area contributed by atoms with E-state index in [-0.39, 0.29) is 29.9 Å². The number of benzene rings is 1. The maximum atomic E-state index is 12.6. The zero-order valence-corrected chi connectivity index (χ0v) is 21.7. The molecule has 8 heteroatoms. The zero-order chi connectivity index (χ0) is 21.5. The van der Waals surface area contributed by atoms with Crippen LogP contribution in [0.4, 0.5) is 0 Å². The zero-order valence-electron chi connectivity index (χ0n) is 18.6. The van der Waals surface area contributed by atoms with Crippen LogP contribution in [-0.2, 0) is 31.4 Å². The quantitative estimate of drug-likeness (QED) is 0.242. The number of aromatic nitrogens is 1. The fraction of sp³-hybridized carbons (Fsp3) is 0.478. The van der Waals surface area contributed by atoms with E-state index in [9.17, 15) is 4.79 Å². The van der Waals surface area contributed by atoms with Gasteiger partial charge in [-0.15, -0.1) is 24.0 Å². The van der Waals surface area contributed by atoms with Gasteiger partial charge in [0.05, 0.1) is 11.6 Å². The lowest BCUT2D eigenvalue weighted by Gasteiger charge is -2.29. The minimum atomic E-state index is 0. The molecule has 3 rings (SSSR count). The number of guanidine groups is 1. The minimum absolute atomic E-state index is 0. The maximum absolute atomic E-state index is 12.6. The normalized spacial score (nSPS) is 13.4. The summed E-state index contributed by atoms with van der Waals surface area (Å²) in [5.41, 5.74) is 3.75. The Bertz CT molecular complexity index is 898. The van der Waals surface area contributed by atoms with Gasteiger partial charge >= 0.3 is 0 Å².